The summed E-state index contributed by atoms with van der Waals surface area (Å²) < 4.78 is 6.65. The fourth-order valence-corrected chi connectivity index (χ4v) is 3.79. The van der Waals surface area contributed by atoms with Crippen LogP contribution in [0.5, 0.6) is 0 Å². The predicted octanol–water partition coefficient (Wildman–Crippen LogP) is 2.09. The van der Waals surface area contributed by atoms with Gasteiger partial charge in [0.1, 0.15) is 5.60 Å². The number of piperidine rings is 1. The number of ether oxygens (including phenoxy) is 1. The van der Waals surface area contributed by atoms with Crippen LogP contribution < -0.4 is 16.4 Å². The Morgan fingerprint density at radius 3 is 2.48 bits per heavy atom. The van der Waals surface area contributed by atoms with Crippen molar-refractivity contribution in [2.45, 2.75) is 52.7 Å². The van der Waals surface area contributed by atoms with Gasteiger partial charge in [-0.3, -0.25) is 14.4 Å². The van der Waals surface area contributed by atoms with Crippen LogP contribution in [0.25, 0.3) is 11.0 Å². The molecule has 0 bridgehead atoms. The maximum Gasteiger partial charge on any atom is 0.407 e. The summed E-state index contributed by atoms with van der Waals surface area (Å²) in [7, 11) is 0. The summed E-state index contributed by atoms with van der Waals surface area (Å²) in [6, 6.07) is 5.01. The first kappa shape index (κ1) is 22.6. The van der Waals surface area contributed by atoms with E-state index in [9.17, 15) is 19.2 Å². The molecule has 1 saturated heterocycles. The molecule has 1 fully saturated rings. The van der Waals surface area contributed by atoms with Gasteiger partial charge in [0.25, 0.3) is 5.91 Å². The molecule has 1 aromatic heterocycles. The van der Waals surface area contributed by atoms with Crippen molar-refractivity contribution < 1.29 is 14.3 Å². The number of carbonyl (C=O) groups is 2. The van der Waals surface area contributed by atoms with E-state index in [0.29, 0.717) is 42.8 Å². The molecular formula is C22H30N4O5. The third-order valence-electron chi connectivity index (χ3n) is 5.37. The summed E-state index contributed by atoms with van der Waals surface area (Å²) in [4.78, 5) is 53.0. The van der Waals surface area contributed by atoms with Crippen molar-refractivity contribution in [3.8, 4) is 0 Å². The van der Waals surface area contributed by atoms with Gasteiger partial charge in [-0.05, 0) is 64.7 Å². The van der Waals surface area contributed by atoms with E-state index in [1.165, 1.54) is 4.57 Å². The Labute approximate surface area is 180 Å². The molecule has 2 aromatic rings. The van der Waals surface area contributed by atoms with E-state index in [2.05, 4.69) is 10.3 Å². The molecule has 0 aliphatic carbocycles. The lowest BCUT2D eigenvalue weighted by Gasteiger charge is -2.32. The average molecular weight is 431 g/mol. The van der Waals surface area contributed by atoms with Crippen molar-refractivity contribution in [2.75, 3.05) is 19.6 Å². The summed E-state index contributed by atoms with van der Waals surface area (Å²) in [5.41, 5.74) is -0.303. The second-order valence-corrected chi connectivity index (χ2v) is 8.85. The molecule has 0 radical (unpaired) electrons. The maximum absolute atomic E-state index is 13.0. The number of aryl methyl sites for hydroxylation is 1. The van der Waals surface area contributed by atoms with Gasteiger partial charge in [-0.25, -0.2) is 4.79 Å². The largest absolute Gasteiger partial charge is 0.444 e. The lowest BCUT2D eigenvalue weighted by atomic mass is 9.96. The molecule has 3 rings (SSSR count). The van der Waals surface area contributed by atoms with E-state index >= 15 is 0 Å². The van der Waals surface area contributed by atoms with Gasteiger partial charge < -0.3 is 24.5 Å². The number of nitrogens with one attached hydrogen (secondary N) is 2. The number of nitrogens with zero attached hydrogens (tertiary/aromatic N) is 2. The van der Waals surface area contributed by atoms with Crippen molar-refractivity contribution in [3.63, 3.8) is 0 Å². The van der Waals surface area contributed by atoms with Gasteiger partial charge >= 0.3 is 17.2 Å². The first-order valence-electron chi connectivity index (χ1n) is 10.6. The Bertz CT molecular complexity index is 1090. The molecule has 1 aliphatic heterocycles. The highest BCUT2D eigenvalue weighted by atomic mass is 16.6. The fourth-order valence-electron chi connectivity index (χ4n) is 3.79. The van der Waals surface area contributed by atoms with Crippen LogP contribution in [0.2, 0.25) is 0 Å². The van der Waals surface area contributed by atoms with E-state index in [4.69, 9.17) is 4.74 Å². The Balaban J connectivity index is 1.62. The average Bonchev–Trinajstić information content (AvgIpc) is 2.71. The lowest BCUT2D eigenvalue weighted by molar-refractivity contribution is 0.0500. The minimum Gasteiger partial charge on any atom is -0.444 e. The van der Waals surface area contributed by atoms with Crippen LogP contribution >= 0.6 is 0 Å². The molecule has 168 valence electrons. The van der Waals surface area contributed by atoms with Gasteiger partial charge in [0.2, 0.25) is 0 Å². The number of amides is 2. The molecule has 1 aliphatic rings. The minimum atomic E-state index is -0.697. The zero-order chi connectivity index (χ0) is 22.8. The molecule has 2 N–H and O–H groups in total. The quantitative estimate of drug-likeness (QED) is 0.721. The smallest absolute Gasteiger partial charge is 0.407 e. The number of likely N-dealkylation sites (tertiary alicyclic amines) is 1. The molecule has 0 unspecified atom stereocenters. The second kappa shape index (κ2) is 8.95. The van der Waals surface area contributed by atoms with Gasteiger partial charge in [0, 0.05) is 31.7 Å². The number of rotatable bonds is 4. The van der Waals surface area contributed by atoms with Crippen LogP contribution in [0, 0.1) is 5.92 Å². The molecule has 9 nitrogen and oxygen atoms in total. The highest BCUT2D eigenvalue weighted by molar-refractivity contribution is 5.97. The summed E-state index contributed by atoms with van der Waals surface area (Å²) >= 11 is 0. The van der Waals surface area contributed by atoms with Crippen molar-refractivity contribution in [1.29, 1.82) is 0 Å². The van der Waals surface area contributed by atoms with Crippen LogP contribution in [0.3, 0.4) is 0 Å². The molecule has 31 heavy (non-hydrogen) atoms. The van der Waals surface area contributed by atoms with Crippen molar-refractivity contribution in [1.82, 2.24) is 19.8 Å². The van der Waals surface area contributed by atoms with E-state index in [1.807, 2.05) is 20.8 Å². The maximum atomic E-state index is 13.0. The third kappa shape index (κ3) is 5.34. The normalized spacial score (nSPS) is 15.2. The van der Waals surface area contributed by atoms with Crippen molar-refractivity contribution in [3.05, 3.63) is 44.5 Å². The van der Waals surface area contributed by atoms with Gasteiger partial charge in [-0.2, -0.15) is 0 Å². The fraction of sp³-hybridized carbons (Fsp3) is 0.545. The third-order valence-corrected chi connectivity index (χ3v) is 5.37. The molecule has 1 aromatic carbocycles. The summed E-state index contributed by atoms with van der Waals surface area (Å²) in [5.74, 6) is 0.166. The van der Waals surface area contributed by atoms with Gasteiger partial charge in [0.15, 0.2) is 0 Å². The van der Waals surface area contributed by atoms with Crippen molar-refractivity contribution in [2.24, 2.45) is 5.92 Å². The predicted molar refractivity (Wildman–Crippen MR) is 117 cm³/mol. The number of aromatic amines is 1. The number of benzene rings is 1. The Morgan fingerprint density at radius 1 is 1.19 bits per heavy atom. The van der Waals surface area contributed by atoms with Gasteiger partial charge in [-0.1, -0.05) is 0 Å². The highest BCUT2D eigenvalue weighted by Crippen LogP contribution is 2.20. The first-order valence-corrected chi connectivity index (χ1v) is 10.6. The standard InChI is InChI=1S/C22H30N4O5/c1-5-26-17-7-6-15(12-16(17)24-18(27)20(26)29)19(28)25-10-8-14(9-11-25)13-23-21(30)31-22(2,3)4/h6-7,12,14H,5,8-11,13H2,1-4H3,(H,23,30)(H,24,27). The van der Waals surface area contributed by atoms with Crippen LogP contribution in [0.4, 0.5) is 4.79 Å². The first-order chi connectivity index (χ1) is 14.6. The Hall–Kier alpha value is -3.10. The molecule has 0 spiro atoms. The number of carbonyl (C=O) groups excluding carboxylic acids is 2. The van der Waals surface area contributed by atoms with E-state index < -0.39 is 22.8 Å². The van der Waals surface area contributed by atoms with Crippen LogP contribution in [-0.4, -0.2) is 51.7 Å². The highest BCUT2D eigenvalue weighted by Gasteiger charge is 2.25. The van der Waals surface area contributed by atoms with E-state index in [-0.39, 0.29) is 11.8 Å². The molecule has 2 amide bonds. The van der Waals surface area contributed by atoms with E-state index in [0.717, 1.165) is 12.8 Å². The number of hydrogen-bond donors (Lipinski definition) is 2. The number of hydrogen-bond acceptors (Lipinski definition) is 5. The van der Waals surface area contributed by atoms with Crippen LogP contribution in [-0.2, 0) is 11.3 Å². The van der Waals surface area contributed by atoms with E-state index in [1.54, 1.807) is 30.0 Å². The zero-order valence-electron chi connectivity index (χ0n) is 18.5. The summed E-state index contributed by atoms with van der Waals surface area (Å²) in [6.45, 7) is 9.31. The number of H-pyrrole nitrogens is 1. The molecule has 9 heteroatoms. The Kier molecular flexibility index (Phi) is 6.52. The Morgan fingerprint density at radius 2 is 1.87 bits per heavy atom. The number of alkyl carbamates (subject to hydrolysis) is 1. The summed E-state index contributed by atoms with van der Waals surface area (Å²) in [5, 5.41) is 2.80. The van der Waals surface area contributed by atoms with Gasteiger partial charge in [-0.15, -0.1) is 0 Å². The van der Waals surface area contributed by atoms with Gasteiger partial charge in [0.05, 0.1) is 11.0 Å². The molecular weight excluding hydrogens is 400 g/mol. The SMILES string of the molecule is CCn1c(=O)c(=O)[nH]c2cc(C(=O)N3CCC(CNC(=O)OC(C)(C)C)CC3)ccc21. The molecule has 0 atom stereocenters. The van der Waals surface area contributed by atoms with Crippen LogP contribution in [0.1, 0.15) is 50.9 Å². The van der Waals surface area contributed by atoms with Crippen LogP contribution in [0.15, 0.2) is 27.8 Å². The number of aromatic nitrogens is 2. The number of fused-ring (bicyclic) bond motifs is 1. The minimum absolute atomic E-state index is 0.115. The topological polar surface area (TPSA) is 114 Å². The molecule has 0 saturated carbocycles. The zero-order valence-corrected chi connectivity index (χ0v) is 18.5. The lowest BCUT2D eigenvalue weighted by Crippen LogP contribution is -2.42. The summed E-state index contributed by atoms with van der Waals surface area (Å²) in [6.07, 6.45) is 1.13. The monoisotopic (exact) mass is 430 g/mol. The second-order valence-electron chi connectivity index (χ2n) is 8.85. The van der Waals surface area contributed by atoms with Crippen molar-refractivity contribution >= 4 is 23.0 Å². The molecule has 2 heterocycles.